The summed E-state index contributed by atoms with van der Waals surface area (Å²) in [7, 11) is -3.39. The molecule has 0 rings (SSSR count). The van der Waals surface area contributed by atoms with Gasteiger partial charge >= 0.3 is 0 Å². The van der Waals surface area contributed by atoms with Crippen LogP contribution in [0.1, 0.15) is 13.3 Å². The fourth-order valence-electron chi connectivity index (χ4n) is 0.298. The van der Waals surface area contributed by atoms with Crippen LogP contribution >= 0.6 is 0 Å². The molecule has 0 amide bonds. The molecule has 2 N–H and O–H groups in total. The van der Waals surface area contributed by atoms with Crippen LogP contribution in [-0.2, 0) is 14.4 Å². The first-order chi connectivity index (χ1) is 3.62. The third-order valence-corrected chi connectivity index (χ3v) is 1.80. The van der Waals surface area contributed by atoms with Crippen LogP contribution in [0.15, 0.2) is 0 Å². The van der Waals surface area contributed by atoms with Crippen molar-refractivity contribution in [2.75, 3.05) is 5.75 Å². The molecule has 0 saturated carbocycles. The first-order valence-corrected chi connectivity index (χ1v) is 3.81. The van der Waals surface area contributed by atoms with E-state index in [0.29, 0.717) is 6.42 Å². The highest BCUT2D eigenvalue weighted by Crippen LogP contribution is 1.89. The van der Waals surface area contributed by atoms with Gasteiger partial charge in [-0.1, -0.05) is 6.92 Å². The maximum absolute atomic E-state index is 10.3. The van der Waals surface area contributed by atoms with Crippen LogP contribution in [0, 0.1) is 0 Å². The summed E-state index contributed by atoms with van der Waals surface area (Å²) in [5, 5.41) is 0. The van der Waals surface area contributed by atoms with Gasteiger partial charge in [-0.05, 0) is 6.42 Å². The van der Waals surface area contributed by atoms with Crippen molar-refractivity contribution in [1.82, 2.24) is 0 Å². The lowest BCUT2D eigenvalue weighted by molar-refractivity contribution is 0.332. The highest BCUT2D eigenvalue weighted by atomic mass is 32.2. The Kier molecular flexibility index (Phi) is 2.96. The molecule has 0 fully saturated rings. The highest BCUT2D eigenvalue weighted by molar-refractivity contribution is 7.86. The summed E-state index contributed by atoms with van der Waals surface area (Å²) in [6.45, 7) is 1.73. The molecule has 0 aromatic carbocycles. The van der Waals surface area contributed by atoms with E-state index in [1.54, 1.807) is 6.92 Å². The van der Waals surface area contributed by atoms with Gasteiger partial charge in [-0.25, -0.2) is 0 Å². The Hall–Kier alpha value is -0.130. The van der Waals surface area contributed by atoms with E-state index in [1.165, 1.54) is 0 Å². The van der Waals surface area contributed by atoms with Crippen molar-refractivity contribution < 1.29 is 12.7 Å². The average molecular weight is 139 g/mol. The molecule has 0 atom stereocenters. The van der Waals surface area contributed by atoms with E-state index >= 15 is 0 Å². The van der Waals surface area contributed by atoms with E-state index in [0.717, 1.165) is 0 Å². The lowest BCUT2D eigenvalue weighted by Crippen LogP contribution is -2.13. The number of rotatable bonds is 3. The van der Waals surface area contributed by atoms with Crippen molar-refractivity contribution >= 4 is 10.1 Å². The second-order valence-electron chi connectivity index (χ2n) is 1.36. The van der Waals surface area contributed by atoms with E-state index in [2.05, 4.69) is 10.2 Å². The molecule has 50 valence electrons. The van der Waals surface area contributed by atoms with E-state index < -0.39 is 10.1 Å². The van der Waals surface area contributed by atoms with Crippen molar-refractivity contribution in [1.29, 1.82) is 0 Å². The van der Waals surface area contributed by atoms with Gasteiger partial charge in [-0.15, -0.1) is 0 Å². The van der Waals surface area contributed by atoms with E-state index in [1.807, 2.05) is 0 Å². The van der Waals surface area contributed by atoms with Crippen molar-refractivity contribution in [3.05, 3.63) is 0 Å². The smallest absolute Gasteiger partial charge is 0.198 e. The Morgan fingerprint density at radius 1 is 1.62 bits per heavy atom. The topological polar surface area (TPSA) is 69.4 Å². The van der Waals surface area contributed by atoms with Gasteiger partial charge < -0.3 is 0 Å². The molecule has 0 aliphatic rings. The zero-order chi connectivity index (χ0) is 6.62. The summed E-state index contributed by atoms with van der Waals surface area (Å²) in [6, 6.07) is 0. The Morgan fingerprint density at radius 2 is 2.12 bits per heavy atom. The summed E-state index contributed by atoms with van der Waals surface area (Å²) in [5.41, 5.74) is 0. The molecular formula is C3H9NO3S. The largest absolute Gasteiger partial charge is 0.282 e. The summed E-state index contributed by atoms with van der Waals surface area (Å²) >= 11 is 0. The fourth-order valence-corrected chi connectivity index (χ4v) is 0.894. The SMILES string of the molecule is CCCS(=O)(=O)ON. The van der Waals surface area contributed by atoms with Gasteiger partial charge in [0.25, 0.3) is 10.1 Å². The maximum Gasteiger partial charge on any atom is 0.282 e. The first kappa shape index (κ1) is 7.87. The lowest BCUT2D eigenvalue weighted by atomic mass is 10.6. The maximum atomic E-state index is 10.3. The Bertz CT molecular complexity index is 139. The predicted molar refractivity (Wildman–Crippen MR) is 29.4 cm³/mol. The minimum atomic E-state index is -3.39. The lowest BCUT2D eigenvalue weighted by Gasteiger charge is -1.93. The third kappa shape index (κ3) is 2.95. The number of nitrogens with two attached hydrogens (primary N) is 1. The van der Waals surface area contributed by atoms with Crippen molar-refractivity contribution in [3.8, 4) is 0 Å². The third-order valence-electron chi connectivity index (χ3n) is 0.601. The van der Waals surface area contributed by atoms with Gasteiger partial charge in [-0.2, -0.15) is 18.6 Å². The summed E-state index contributed by atoms with van der Waals surface area (Å²) in [6.07, 6.45) is 0.527. The molecule has 0 heterocycles. The molecule has 0 spiro atoms. The normalized spacial score (nSPS) is 11.8. The Balaban J connectivity index is 3.76. The van der Waals surface area contributed by atoms with Crippen LogP contribution in [0.3, 0.4) is 0 Å². The van der Waals surface area contributed by atoms with Gasteiger partial charge in [0.1, 0.15) is 0 Å². The zero-order valence-electron chi connectivity index (χ0n) is 4.62. The van der Waals surface area contributed by atoms with Gasteiger partial charge in [-0.3, -0.25) is 0 Å². The zero-order valence-corrected chi connectivity index (χ0v) is 5.44. The Morgan fingerprint density at radius 3 is 2.25 bits per heavy atom. The molecule has 8 heavy (non-hydrogen) atoms. The van der Waals surface area contributed by atoms with E-state index in [9.17, 15) is 8.42 Å². The van der Waals surface area contributed by atoms with Crippen LogP contribution in [0.2, 0.25) is 0 Å². The Labute approximate surface area is 48.7 Å². The fraction of sp³-hybridized carbons (Fsp3) is 1.00. The average Bonchev–Trinajstić information content (AvgIpc) is 1.67. The molecule has 0 radical (unpaired) electrons. The minimum Gasteiger partial charge on any atom is -0.198 e. The van der Waals surface area contributed by atoms with Crippen LogP contribution in [0.4, 0.5) is 0 Å². The molecule has 0 aliphatic heterocycles. The number of hydrogen-bond donors (Lipinski definition) is 1. The summed E-state index contributed by atoms with van der Waals surface area (Å²) in [5.74, 6) is 4.39. The molecule has 4 nitrogen and oxygen atoms in total. The van der Waals surface area contributed by atoms with Crippen molar-refractivity contribution in [3.63, 3.8) is 0 Å². The minimum absolute atomic E-state index is 0.0104. The van der Waals surface area contributed by atoms with E-state index in [-0.39, 0.29) is 5.75 Å². The van der Waals surface area contributed by atoms with Gasteiger partial charge in [0.15, 0.2) is 0 Å². The molecule has 0 saturated heterocycles. The monoisotopic (exact) mass is 139 g/mol. The number of hydrogen-bond acceptors (Lipinski definition) is 4. The van der Waals surface area contributed by atoms with Gasteiger partial charge in [0.05, 0.1) is 5.75 Å². The molecule has 0 unspecified atom stereocenters. The molecule has 0 aliphatic carbocycles. The van der Waals surface area contributed by atoms with Gasteiger partial charge in [0.2, 0.25) is 0 Å². The molecule has 5 heteroatoms. The van der Waals surface area contributed by atoms with Crippen LogP contribution in [-0.4, -0.2) is 14.2 Å². The molecular weight excluding hydrogens is 130 g/mol. The quantitative estimate of drug-likeness (QED) is 0.541. The summed E-state index contributed by atoms with van der Waals surface area (Å²) in [4.78, 5) is 0. The van der Waals surface area contributed by atoms with Crippen molar-refractivity contribution in [2.24, 2.45) is 5.90 Å². The highest BCUT2D eigenvalue weighted by Gasteiger charge is 2.04. The molecule has 0 aromatic heterocycles. The second-order valence-corrected chi connectivity index (χ2v) is 3.07. The van der Waals surface area contributed by atoms with Gasteiger partial charge in [0, 0.05) is 0 Å². The van der Waals surface area contributed by atoms with Crippen molar-refractivity contribution in [2.45, 2.75) is 13.3 Å². The molecule has 0 aromatic rings. The van der Waals surface area contributed by atoms with E-state index in [4.69, 9.17) is 0 Å². The van der Waals surface area contributed by atoms with Crippen LogP contribution in [0.25, 0.3) is 0 Å². The second kappa shape index (κ2) is 3.01. The standard InChI is InChI=1S/C3H9NO3S/c1-2-3-8(5,6)7-4/h2-4H2,1H3. The predicted octanol–water partition coefficient (Wildman–Crippen LogP) is -0.383. The summed E-state index contributed by atoms with van der Waals surface area (Å²) < 4.78 is 24.2. The van der Waals surface area contributed by atoms with Crippen LogP contribution < -0.4 is 5.90 Å². The van der Waals surface area contributed by atoms with Crippen LogP contribution in [0.5, 0.6) is 0 Å². The first-order valence-electron chi connectivity index (χ1n) is 2.23. The molecule has 0 bridgehead atoms.